The number of aliphatic hydroxyl groups is 1. The van der Waals surface area contributed by atoms with E-state index in [0.717, 1.165) is 11.3 Å². The Morgan fingerprint density at radius 2 is 2.18 bits per heavy atom. The number of aryl methyl sites for hydroxylation is 1. The van der Waals surface area contributed by atoms with E-state index in [0.29, 0.717) is 6.54 Å². The first-order valence-electron chi connectivity index (χ1n) is 5.06. The zero-order valence-electron chi connectivity index (χ0n) is 9.29. The molecule has 0 heterocycles. The topological polar surface area (TPSA) is 41.5 Å². The summed E-state index contributed by atoms with van der Waals surface area (Å²) in [7, 11) is 0. The monoisotopic (exact) mass is 265 g/mol. The fraction of sp³-hybridized carbons (Fsp3) is 0.455. The fourth-order valence-electron chi connectivity index (χ4n) is 1.29. The lowest BCUT2D eigenvalue weighted by atomic mass is 10.2. The van der Waals surface area contributed by atoms with Crippen molar-refractivity contribution in [3.63, 3.8) is 0 Å². The van der Waals surface area contributed by atoms with Crippen molar-refractivity contribution >= 4 is 17.3 Å². The number of ether oxygens (including phenoxy) is 1. The highest BCUT2D eigenvalue weighted by molar-refractivity contribution is 6.18. The second-order valence-electron chi connectivity index (χ2n) is 3.54. The summed E-state index contributed by atoms with van der Waals surface area (Å²) in [6.45, 7) is -0.765. The van der Waals surface area contributed by atoms with Crippen LogP contribution in [0.15, 0.2) is 18.2 Å². The van der Waals surface area contributed by atoms with Crippen LogP contribution >= 0.6 is 11.6 Å². The molecule has 0 fully saturated rings. The molecule has 0 saturated carbocycles. The zero-order valence-corrected chi connectivity index (χ0v) is 10.0. The largest absolute Gasteiger partial charge is 0.435 e. The van der Waals surface area contributed by atoms with Crippen molar-refractivity contribution in [3.8, 4) is 5.75 Å². The van der Waals surface area contributed by atoms with Crippen LogP contribution in [0.4, 0.5) is 14.5 Å². The summed E-state index contributed by atoms with van der Waals surface area (Å²) in [5.74, 6) is 0.250. The van der Waals surface area contributed by atoms with Gasteiger partial charge in [-0.05, 0) is 30.7 Å². The molecule has 0 aromatic heterocycles. The fourth-order valence-corrected chi connectivity index (χ4v) is 1.40. The number of hydrogen-bond acceptors (Lipinski definition) is 3. The van der Waals surface area contributed by atoms with Crippen LogP contribution in [0.2, 0.25) is 0 Å². The first kappa shape index (κ1) is 14.0. The Balaban J connectivity index is 2.63. The van der Waals surface area contributed by atoms with Gasteiger partial charge in [-0.3, -0.25) is 0 Å². The molecule has 0 aliphatic heterocycles. The normalized spacial score (nSPS) is 12.6. The highest BCUT2D eigenvalue weighted by atomic mass is 35.5. The minimum atomic E-state index is -2.83. The van der Waals surface area contributed by atoms with E-state index in [9.17, 15) is 13.9 Å². The van der Waals surface area contributed by atoms with Gasteiger partial charge in [-0.2, -0.15) is 8.78 Å². The van der Waals surface area contributed by atoms with Crippen LogP contribution in [-0.4, -0.2) is 30.2 Å². The van der Waals surface area contributed by atoms with E-state index in [2.05, 4.69) is 10.1 Å². The molecule has 2 N–H and O–H groups in total. The lowest BCUT2D eigenvalue weighted by Gasteiger charge is -2.13. The van der Waals surface area contributed by atoms with Gasteiger partial charge in [0.1, 0.15) is 5.75 Å². The molecule has 6 heteroatoms. The van der Waals surface area contributed by atoms with Crippen molar-refractivity contribution in [2.24, 2.45) is 0 Å². The van der Waals surface area contributed by atoms with Gasteiger partial charge in [-0.15, -0.1) is 11.6 Å². The van der Waals surface area contributed by atoms with Gasteiger partial charge in [-0.25, -0.2) is 0 Å². The third-order valence-electron chi connectivity index (χ3n) is 2.13. The van der Waals surface area contributed by atoms with Crippen molar-refractivity contribution in [3.05, 3.63) is 23.8 Å². The van der Waals surface area contributed by atoms with Crippen molar-refractivity contribution in [2.45, 2.75) is 19.6 Å². The van der Waals surface area contributed by atoms with Gasteiger partial charge >= 0.3 is 6.61 Å². The molecule has 1 atom stereocenters. The van der Waals surface area contributed by atoms with E-state index in [1.54, 1.807) is 13.0 Å². The number of halogens is 3. The molecule has 96 valence electrons. The summed E-state index contributed by atoms with van der Waals surface area (Å²) in [5, 5.41) is 12.2. The summed E-state index contributed by atoms with van der Waals surface area (Å²) in [6, 6.07) is 4.56. The average molecular weight is 266 g/mol. The molecule has 0 radical (unpaired) electrons. The number of anilines is 1. The van der Waals surface area contributed by atoms with Gasteiger partial charge < -0.3 is 15.2 Å². The third-order valence-corrected chi connectivity index (χ3v) is 2.49. The summed E-state index contributed by atoms with van der Waals surface area (Å²) in [5.41, 5.74) is 1.50. The summed E-state index contributed by atoms with van der Waals surface area (Å²) < 4.78 is 28.2. The Kier molecular flexibility index (Phi) is 5.44. The molecule has 17 heavy (non-hydrogen) atoms. The lowest BCUT2D eigenvalue weighted by molar-refractivity contribution is -0.0498. The minimum Gasteiger partial charge on any atom is -0.435 e. The quantitative estimate of drug-likeness (QED) is 0.777. The first-order valence-corrected chi connectivity index (χ1v) is 5.59. The predicted molar refractivity (Wildman–Crippen MR) is 63.0 cm³/mol. The van der Waals surface area contributed by atoms with E-state index in [-0.39, 0.29) is 11.6 Å². The number of nitrogens with one attached hydrogen (secondary N) is 1. The number of hydrogen-bond donors (Lipinski definition) is 2. The summed E-state index contributed by atoms with van der Waals surface area (Å²) in [6.07, 6.45) is -0.645. The minimum absolute atomic E-state index is 0.112. The van der Waals surface area contributed by atoms with Crippen LogP contribution in [0, 0.1) is 6.92 Å². The molecule has 1 aromatic rings. The predicted octanol–water partition coefficient (Wildman–Crippen LogP) is 2.61. The number of aliphatic hydroxyl groups excluding tert-OH is 1. The Hall–Kier alpha value is -1.07. The molecule has 0 amide bonds. The molecule has 0 aliphatic rings. The summed E-state index contributed by atoms with van der Waals surface area (Å²) >= 11 is 5.45. The SMILES string of the molecule is Cc1cc(OC(F)F)ccc1NCC(O)CCl. The third kappa shape index (κ3) is 4.75. The highest BCUT2D eigenvalue weighted by Gasteiger charge is 2.07. The van der Waals surface area contributed by atoms with Crippen molar-refractivity contribution in [1.29, 1.82) is 0 Å². The van der Waals surface area contributed by atoms with Crippen LogP contribution in [0.3, 0.4) is 0 Å². The standard InChI is InChI=1S/C11H14ClF2NO2/c1-7-4-9(17-11(13)14)2-3-10(7)15-6-8(16)5-12/h2-4,8,11,15-16H,5-6H2,1H3. The van der Waals surface area contributed by atoms with E-state index >= 15 is 0 Å². The van der Waals surface area contributed by atoms with Crippen LogP contribution in [0.25, 0.3) is 0 Å². The lowest BCUT2D eigenvalue weighted by Crippen LogP contribution is -2.21. The van der Waals surface area contributed by atoms with Crippen LogP contribution < -0.4 is 10.1 Å². The second-order valence-corrected chi connectivity index (χ2v) is 3.85. The number of benzene rings is 1. The van der Waals surface area contributed by atoms with Gasteiger partial charge in [-0.1, -0.05) is 0 Å². The Bertz CT molecular complexity index is 363. The Morgan fingerprint density at radius 1 is 1.47 bits per heavy atom. The molecular weight excluding hydrogens is 252 g/mol. The van der Waals surface area contributed by atoms with Crippen LogP contribution in [0.1, 0.15) is 5.56 Å². The molecule has 0 bridgehead atoms. The van der Waals surface area contributed by atoms with Crippen molar-refractivity contribution in [1.82, 2.24) is 0 Å². The van der Waals surface area contributed by atoms with E-state index < -0.39 is 12.7 Å². The molecule has 1 unspecified atom stereocenters. The molecule has 0 aliphatic carbocycles. The van der Waals surface area contributed by atoms with E-state index in [1.165, 1.54) is 12.1 Å². The van der Waals surface area contributed by atoms with E-state index in [4.69, 9.17) is 11.6 Å². The molecule has 3 nitrogen and oxygen atoms in total. The number of rotatable bonds is 6. The van der Waals surface area contributed by atoms with Crippen LogP contribution in [-0.2, 0) is 0 Å². The number of alkyl halides is 3. The molecular formula is C11H14ClF2NO2. The maximum Gasteiger partial charge on any atom is 0.387 e. The summed E-state index contributed by atoms with van der Waals surface area (Å²) in [4.78, 5) is 0. The maximum atomic E-state index is 12.0. The first-order chi connectivity index (χ1) is 8.02. The Labute approximate surface area is 103 Å². The second kappa shape index (κ2) is 6.61. The van der Waals surface area contributed by atoms with E-state index in [1.807, 2.05) is 0 Å². The maximum absolute atomic E-state index is 12.0. The van der Waals surface area contributed by atoms with Gasteiger partial charge in [0.25, 0.3) is 0 Å². The molecule has 1 rings (SSSR count). The van der Waals surface area contributed by atoms with Gasteiger partial charge in [0.15, 0.2) is 0 Å². The molecule has 0 spiro atoms. The Morgan fingerprint density at radius 3 is 2.71 bits per heavy atom. The van der Waals surface area contributed by atoms with Crippen molar-refractivity contribution < 1.29 is 18.6 Å². The van der Waals surface area contributed by atoms with Gasteiger partial charge in [0.05, 0.1) is 12.0 Å². The molecule has 1 aromatic carbocycles. The van der Waals surface area contributed by atoms with Gasteiger partial charge in [0, 0.05) is 12.2 Å². The van der Waals surface area contributed by atoms with Gasteiger partial charge in [0.2, 0.25) is 0 Å². The highest BCUT2D eigenvalue weighted by Crippen LogP contribution is 2.22. The molecule has 0 saturated heterocycles. The van der Waals surface area contributed by atoms with Crippen LogP contribution in [0.5, 0.6) is 5.75 Å². The van der Waals surface area contributed by atoms with Crippen molar-refractivity contribution in [2.75, 3.05) is 17.7 Å². The zero-order chi connectivity index (χ0) is 12.8. The average Bonchev–Trinajstić information content (AvgIpc) is 2.26. The smallest absolute Gasteiger partial charge is 0.387 e.